The average molecular weight is 286 g/mol. The molecular weight excluding hydrogens is 272 g/mol. The van der Waals surface area contributed by atoms with Gasteiger partial charge in [0.15, 0.2) is 0 Å². The summed E-state index contributed by atoms with van der Waals surface area (Å²) < 4.78 is 0. The maximum Gasteiger partial charge on any atom is 0.321 e. The lowest BCUT2D eigenvalue weighted by Gasteiger charge is -2.17. The number of non-ortho nitro benzene ring substituents is 1. The summed E-state index contributed by atoms with van der Waals surface area (Å²) >= 11 is 0. The number of amides is 2. The molecule has 0 saturated heterocycles. The number of hydrogen-bond acceptors (Lipinski definition) is 4. The fourth-order valence-electron chi connectivity index (χ4n) is 1.72. The number of anilines is 1. The van der Waals surface area contributed by atoms with E-state index in [1.807, 2.05) is 12.1 Å². The van der Waals surface area contributed by atoms with Gasteiger partial charge in [0.05, 0.1) is 4.92 Å². The van der Waals surface area contributed by atoms with Gasteiger partial charge >= 0.3 is 6.03 Å². The van der Waals surface area contributed by atoms with Gasteiger partial charge in [-0.2, -0.15) is 0 Å². The molecule has 0 bridgehead atoms. The van der Waals surface area contributed by atoms with Crippen LogP contribution in [-0.2, 0) is 6.54 Å². The number of aromatic nitrogens is 1. The lowest BCUT2D eigenvalue weighted by molar-refractivity contribution is -0.384. The van der Waals surface area contributed by atoms with Gasteiger partial charge in [0, 0.05) is 43.8 Å². The highest BCUT2D eigenvalue weighted by Crippen LogP contribution is 2.15. The molecule has 0 radical (unpaired) electrons. The Kier molecular flexibility index (Phi) is 4.45. The minimum absolute atomic E-state index is 0.0156. The molecule has 1 aromatic carbocycles. The number of nitro benzene ring substituents is 1. The highest BCUT2D eigenvalue weighted by Gasteiger charge is 2.10. The fourth-order valence-corrected chi connectivity index (χ4v) is 1.72. The zero-order valence-corrected chi connectivity index (χ0v) is 11.4. The van der Waals surface area contributed by atoms with Crippen molar-refractivity contribution in [3.63, 3.8) is 0 Å². The number of carbonyl (C=O) groups is 1. The van der Waals surface area contributed by atoms with E-state index in [9.17, 15) is 14.9 Å². The Bertz CT molecular complexity index is 628. The number of benzene rings is 1. The van der Waals surface area contributed by atoms with Gasteiger partial charge in [-0.25, -0.2) is 4.79 Å². The first-order chi connectivity index (χ1) is 10.1. The van der Waals surface area contributed by atoms with Crippen molar-refractivity contribution in [2.75, 3.05) is 12.4 Å². The van der Waals surface area contributed by atoms with Crippen LogP contribution in [0.2, 0.25) is 0 Å². The Morgan fingerprint density at radius 1 is 1.24 bits per heavy atom. The Morgan fingerprint density at radius 2 is 1.86 bits per heavy atom. The maximum atomic E-state index is 12.0. The highest BCUT2D eigenvalue weighted by atomic mass is 16.6. The van der Waals surface area contributed by atoms with Crippen molar-refractivity contribution < 1.29 is 9.72 Å². The highest BCUT2D eigenvalue weighted by molar-refractivity contribution is 5.89. The molecule has 0 spiro atoms. The van der Waals surface area contributed by atoms with Gasteiger partial charge in [0.25, 0.3) is 5.69 Å². The first-order valence-electron chi connectivity index (χ1n) is 6.22. The van der Waals surface area contributed by atoms with E-state index in [1.165, 1.54) is 29.2 Å². The Balaban J connectivity index is 1.95. The van der Waals surface area contributed by atoms with Crippen LogP contribution in [0.25, 0.3) is 0 Å². The Morgan fingerprint density at radius 3 is 2.43 bits per heavy atom. The monoisotopic (exact) mass is 286 g/mol. The van der Waals surface area contributed by atoms with E-state index in [2.05, 4.69) is 10.3 Å². The van der Waals surface area contributed by atoms with E-state index >= 15 is 0 Å². The Hall–Kier alpha value is -2.96. The van der Waals surface area contributed by atoms with Gasteiger partial charge in [0.2, 0.25) is 0 Å². The van der Waals surface area contributed by atoms with Gasteiger partial charge in [-0.05, 0) is 29.8 Å². The van der Waals surface area contributed by atoms with E-state index < -0.39 is 4.92 Å². The van der Waals surface area contributed by atoms with Crippen molar-refractivity contribution in [3.05, 3.63) is 64.5 Å². The molecule has 0 atom stereocenters. The summed E-state index contributed by atoms with van der Waals surface area (Å²) in [6, 6.07) is 9.05. The van der Waals surface area contributed by atoms with Crippen molar-refractivity contribution in [2.24, 2.45) is 0 Å². The van der Waals surface area contributed by atoms with Crippen LogP contribution < -0.4 is 5.32 Å². The maximum absolute atomic E-state index is 12.0. The number of hydrogen-bond donors (Lipinski definition) is 1. The molecule has 7 heteroatoms. The average Bonchev–Trinajstić information content (AvgIpc) is 2.48. The van der Waals surface area contributed by atoms with Gasteiger partial charge in [-0.15, -0.1) is 0 Å². The largest absolute Gasteiger partial charge is 0.323 e. The molecule has 0 aliphatic carbocycles. The van der Waals surface area contributed by atoms with Crippen LogP contribution in [0.3, 0.4) is 0 Å². The lowest BCUT2D eigenvalue weighted by atomic mass is 10.2. The first-order valence-corrected chi connectivity index (χ1v) is 6.22. The van der Waals surface area contributed by atoms with Gasteiger partial charge in [-0.1, -0.05) is 0 Å². The zero-order chi connectivity index (χ0) is 15.2. The molecule has 21 heavy (non-hydrogen) atoms. The lowest BCUT2D eigenvalue weighted by Crippen LogP contribution is -2.30. The third kappa shape index (κ3) is 4.00. The molecule has 2 aromatic rings. The summed E-state index contributed by atoms with van der Waals surface area (Å²) in [6.45, 7) is 0.446. The molecular formula is C14H14N4O3. The normalized spacial score (nSPS) is 9.95. The standard InChI is InChI=1S/C14H14N4O3/c1-17(10-11-6-8-15-9-7-11)14(19)16-12-2-4-13(5-3-12)18(20)21/h2-9H,10H2,1H3,(H,16,19). The fraction of sp³-hybridized carbons (Fsp3) is 0.143. The van der Waals surface area contributed by atoms with Crippen molar-refractivity contribution in [2.45, 2.75) is 6.54 Å². The summed E-state index contributed by atoms with van der Waals surface area (Å²) in [6.07, 6.45) is 3.33. The number of nitro groups is 1. The van der Waals surface area contributed by atoms with Crippen molar-refractivity contribution in [1.29, 1.82) is 0 Å². The number of pyridine rings is 1. The van der Waals surface area contributed by atoms with Crippen molar-refractivity contribution >= 4 is 17.4 Å². The van der Waals surface area contributed by atoms with Crippen molar-refractivity contribution in [1.82, 2.24) is 9.88 Å². The van der Waals surface area contributed by atoms with Crippen molar-refractivity contribution in [3.8, 4) is 0 Å². The topological polar surface area (TPSA) is 88.4 Å². The minimum atomic E-state index is -0.485. The molecule has 0 unspecified atom stereocenters. The first kappa shape index (κ1) is 14.4. The zero-order valence-electron chi connectivity index (χ0n) is 11.4. The second kappa shape index (κ2) is 6.47. The predicted octanol–water partition coefficient (Wildman–Crippen LogP) is 2.65. The van der Waals surface area contributed by atoms with Crippen LogP contribution in [0.15, 0.2) is 48.8 Å². The summed E-state index contributed by atoms with van der Waals surface area (Å²) in [5, 5.41) is 13.2. The molecule has 1 heterocycles. The van der Waals surface area contributed by atoms with Crippen LogP contribution in [0.5, 0.6) is 0 Å². The van der Waals surface area contributed by atoms with E-state index in [1.54, 1.807) is 19.4 Å². The van der Waals surface area contributed by atoms with Crippen LogP contribution in [-0.4, -0.2) is 27.9 Å². The van der Waals surface area contributed by atoms with Crippen LogP contribution in [0, 0.1) is 10.1 Å². The van der Waals surface area contributed by atoms with Crippen LogP contribution >= 0.6 is 0 Å². The summed E-state index contributed by atoms with van der Waals surface area (Å²) in [7, 11) is 1.67. The number of nitrogens with zero attached hydrogens (tertiary/aromatic N) is 3. The van der Waals surface area contributed by atoms with E-state index in [-0.39, 0.29) is 11.7 Å². The molecule has 108 valence electrons. The summed E-state index contributed by atoms with van der Waals surface area (Å²) in [5.74, 6) is 0. The molecule has 1 N–H and O–H groups in total. The third-order valence-corrected chi connectivity index (χ3v) is 2.85. The van der Waals surface area contributed by atoms with Crippen LogP contribution in [0.1, 0.15) is 5.56 Å². The predicted molar refractivity (Wildman–Crippen MR) is 77.8 cm³/mol. The second-order valence-electron chi connectivity index (χ2n) is 4.45. The molecule has 0 fully saturated rings. The molecule has 7 nitrogen and oxygen atoms in total. The SMILES string of the molecule is CN(Cc1ccncc1)C(=O)Nc1ccc([N+](=O)[O-])cc1. The smallest absolute Gasteiger partial charge is 0.321 e. The quantitative estimate of drug-likeness (QED) is 0.691. The second-order valence-corrected chi connectivity index (χ2v) is 4.45. The van der Waals surface area contributed by atoms with Gasteiger partial charge in [-0.3, -0.25) is 15.1 Å². The van der Waals surface area contributed by atoms with Crippen LogP contribution in [0.4, 0.5) is 16.2 Å². The molecule has 2 amide bonds. The molecule has 2 rings (SSSR count). The van der Waals surface area contributed by atoms with E-state index in [0.717, 1.165) is 5.56 Å². The summed E-state index contributed by atoms with van der Waals surface area (Å²) in [4.78, 5) is 27.5. The molecule has 0 saturated carbocycles. The summed E-state index contributed by atoms with van der Waals surface area (Å²) in [5.41, 5.74) is 1.46. The molecule has 0 aliphatic rings. The number of carbonyl (C=O) groups excluding carboxylic acids is 1. The Labute approximate surface area is 121 Å². The van der Waals surface area contributed by atoms with Gasteiger partial charge < -0.3 is 10.2 Å². The number of rotatable bonds is 4. The van der Waals surface area contributed by atoms with E-state index in [4.69, 9.17) is 0 Å². The number of nitrogens with one attached hydrogen (secondary N) is 1. The molecule has 0 aliphatic heterocycles. The third-order valence-electron chi connectivity index (χ3n) is 2.85. The molecule has 1 aromatic heterocycles. The van der Waals surface area contributed by atoms with E-state index in [0.29, 0.717) is 12.2 Å². The van der Waals surface area contributed by atoms with Gasteiger partial charge in [0.1, 0.15) is 0 Å². The minimum Gasteiger partial charge on any atom is -0.323 e. The number of urea groups is 1.